The van der Waals surface area contributed by atoms with Crippen LogP contribution in [0, 0.1) is 21.4 Å². The quantitative estimate of drug-likeness (QED) is 0.676. The average Bonchev–Trinajstić information content (AvgIpc) is 2.48. The number of rotatable bonds is 5. The van der Waals surface area contributed by atoms with Crippen LogP contribution in [0.4, 0.5) is 11.5 Å². The Labute approximate surface area is 126 Å². The zero-order valence-electron chi connectivity index (χ0n) is 10.9. The molecule has 0 amide bonds. The lowest BCUT2D eigenvalue weighted by atomic mass is 10.1. The molecule has 1 aromatic carbocycles. The fourth-order valence-corrected chi connectivity index (χ4v) is 1.96. The summed E-state index contributed by atoms with van der Waals surface area (Å²) in [6.07, 6.45) is 2.03. The second kappa shape index (κ2) is 6.68. The number of pyridine rings is 1. The Kier molecular flexibility index (Phi) is 4.69. The SMILES string of the molecule is N#Cc1ccnc(NCCc2ccc(Cl)cc2)c1[N+](=O)[O-]. The first kappa shape index (κ1) is 14.8. The lowest BCUT2D eigenvalue weighted by molar-refractivity contribution is -0.384. The van der Waals surface area contributed by atoms with Gasteiger partial charge in [0.15, 0.2) is 0 Å². The normalized spacial score (nSPS) is 9.90. The van der Waals surface area contributed by atoms with Crippen molar-refractivity contribution in [1.29, 1.82) is 5.26 Å². The van der Waals surface area contributed by atoms with Crippen LogP contribution in [0.2, 0.25) is 5.02 Å². The number of hydrogen-bond donors (Lipinski definition) is 1. The van der Waals surface area contributed by atoms with Gasteiger partial charge in [0.05, 0.1) is 4.92 Å². The standard InChI is InChI=1S/C14H11ClN4O2/c15-12-3-1-10(2-4-12)5-7-17-14-13(19(20)21)11(9-16)6-8-18-14/h1-4,6,8H,5,7H2,(H,17,18). The van der Waals surface area contributed by atoms with Crippen LogP contribution in [-0.2, 0) is 6.42 Å². The molecule has 0 atom stereocenters. The molecule has 7 heteroatoms. The molecule has 0 fully saturated rings. The van der Waals surface area contributed by atoms with Crippen LogP contribution in [0.5, 0.6) is 0 Å². The van der Waals surface area contributed by atoms with E-state index in [0.717, 1.165) is 5.56 Å². The van der Waals surface area contributed by atoms with Crippen LogP contribution in [0.1, 0.15) is 11.1 Å². The third-order valence-electron chi connectivity index (χ3n) is 2.85. The molecule has 21 heavy (non-hydrogen) atoms. The van der Waals surface area contributed by atoms with E-state index in [1.807, 2.05) is 12.1 Å². The monoisotopic (exact) mass is 302 g/mol. The maximum atomic E-state index is 11.0. The molecule has 1 aromatic heterocycles. The number of aromatic nitrogens is 1. The van der Waals surface area contributed by atoms with E-state index in [1.54, 1.807) is 18.2 Å². The lowest BCUT2D eigenvalue weighted by Crippen LogP contribution is -2.09. The maximum absolute atomic E-state index is 11.0. The van der Waals surface area contributed by atoms with Crippen LogP contribution < -0.4 is 5.32 Å². The highest BCUT2D eigenvalue weighted by molar-refractivity contribution is 6.30. The zero-order valence-corrected chi connectivity index (χ0v) is 11.7. The fraction of sp³-hybridized carbons (Fsp3) is 0.143. The van der Waals surface area contributed by atoms with Crippen molar-refractivity contribution >= 4 is 23.1 Å². The highest BCUT2D eigenvalue weighted by Crippen LogP contribution is 2.25. The van der Waals surface area contributed by atoms with Crippen molar-refractivity contribution in [2.24, 2.45) is 0 Å². The number of nitrogens with one attached hydrogen (secondary N) is 1. The zero-order chi connectivity index (χ0) is 15.2. The summed E-state index contributed by atoms with van der Waals surface area (Å²) >= 11 is 5.80. The molecule has 1 N–H and O–H groups in total. The third kappa shape index (κ3) is 3.68. The van der Waals surface area contributed by atoms with Gasteiger partial charge in [-0.2, -0.15) is 5.26 Å². The molecule has 1 heterocycles. The number of nitriles is 1. The minimum Gasteiger partial charge on any atom is -0.364 e. The number of benzene rings is 1. The van der Waals surface area contributed by atoms with Crippen molar-refractivity contribution < 1.29 is 4.92 Å². The van der Waals surface area contributed by atoms with E-state index in [9.17, 15) is 10.1 Å². The van der Waals surface area contributed by atoms with E-state index in [4.69, 9.17) is 16.9 Å². The molecule has 0 spiro atoms. The molecule has 0 unspecified atom stereocenters. The predicted octanol–water partition coefficient (Wildman–Crippen LogP) is 3.17. The lowest BCUT2D eigenvalue weighted by Gasteiger charge is -2.07. The Morgan fingerprint density at radius 3 is 2.67 bits per heavy atom. The minimum absolute atomic E-state index is 0.0102. The Balaban J connectivity index is 2.08. The Bertz CT molecular complexity index is 695. The minimum atomic E-state index is -0.601. The van der Waals surface area contributed by atoms with Gasteiger partial charge in [-0.25, -0.2) is 4.98 Å². The molecule has 0 radical (unpaired) electrons. The van der Waals surface area contributed by atoms with Crippen molar-refractivity contribution in [2.45, 2.75) is 6.42 Å². The van der Waals surface area contributed by atoms with Crippen LogP contribution in [0.15, 0.2) is 36.5 Å². The summed E-state index contributed by atoms with van der Waals surface area (Å²) in [5.74, 6) is 0.105. The highest BCUT2D eigenvalue weighted by atomic mass is 35.5. The number of hydrogen-bond acceptors (Lipinski definition) is 5. The second-order valence-electron chi connectivity index (χ2n) is 4.23. The molecular formula is C14H11ClN4O2. The first-order valence-electron chi connectivity index (χ1n) is 6.13. The van der Waals surface area contributed by atoms with Gasteiger partial charge in [0.2, 0.25) is 5.82 Å². The van der Waals surface area contributed by atoms with E-state index >= 15 is 0 Å². The number of nitro groups is 1. The van der Waals surface area contributed by atoms with Gasteiger partial charge >= 0.3 is 5.69 Å². The molecule has 2 aromatic rings. The smallest absolute Gasteiger partial charge is 0.328 e. The van der Waals surface area contributed by atoms with Gasteiger partial charge in [0.25, 0.3) is 0 Å². The summed E-state index contributed by atoms with van der Waals surface area (Å²) in [6.45, 7) is 0.463. The molecule has 0 aliphatic carbocycles. The summed E-state index contributed by atoms with van der Waals surface area (Å²) in [5, 5.41) is 23.5. The Hall–Kier alpha value is -2.65. The molecule has 0 aliphatic heterocycles. The van der Waals surface area contributed by atoms with E-state index in [1.165, 1.54) is 12.3 Å². The second-order valence-corrected chi connectivity index (χ2v) is 4.66. The van der Waals surface area contributed by atoms with Gasteiger partial charge in [-0.1, -0.05) is 23.7 Å². The van der Waals surface area contributed by atoms with Crippen molar-refractivity contribution in [1.82, 2.24) is 4.98 Å². The van der Waals surface area contributed by atoms with Crippen LogP contribution in [0.3, 0.4) is 0 Å². The number of anilines is 1. The van der Waals surface area contributed by atoms with Crippen molar-refractivity contribution in [3.63, 3.8) is 0 Å². The van der Waals surface area contributed by atoms with E-state index in [2.05, 4.69) is 10.3 Å². The molecule has 0 saturated heterocycles. The van der Waals surface area contributed by atoms with Crippen molar-refractivity contribution in [3.05, 3.63) is 62.8 Å². The first-order valence-corrected chi connectivity index (χ1v) is 6.51. The van der Waals surface area contributed by atoms with E-state index in [0.29, 0.717) is 18.0 Å². The molecule has 106 valence electrons. The van der Waals surface area contributed by atoms with Crippen molar-refractivity contribution in [3.8, 4) is 6.07 Å². The summed E-state index contributed by atoms with van der Waals surface area (Å²) in [7, 11) is 0. The summed E-state index contributed by atoms with van der Waals surface area (Å²) < 4.78 is 0. The predicted molar refractivity (Wildman–Crippen MR) is 79.3 cm³/mol. The molecule has 2 rings (SSSR count). The summed E-state index contributed by atoms with van der Waals surface area (Å²) in [4.78, 5) is 14.4. The first-order chi connectivity index (χ1) is 10.1. The summed E-state index contributed by atoms with van der Waals surface area (Å²) in [6, 6.07) is 10.5. The van der Waals surface area contributed by atoms with Gasteiger partial charge in [-0.05, 0) is 30.2 Å². The third-order valence-corrected chi connectivity index (χ3v) is 3.10. The highest BCUT2D eigenvalue weighted by Gasteiger charge is 2.20. The van der Waals surface area contributed by atoms with Crippen LogP contribution in [0.25, 0.3) is 0 Å². The van der Waals surface area contributed by atoms with Crippen LogP contribution >= 0.6 is 11.6 Å². The summed E-state index contributed by atoms with van der Waals surface area (Å²) in [5.41, 5.74) is 0.742. The average molecular weight is 303 g/mol. The molecule has 6 nitrogen and oxygen atoms in total. The van der Waals surface area contributed by atoms with Gasteiger partial charge in [-0.3, -0.25) is 10.1 Å². The maximum Gasteiger partial charge on any atom is 0.328 e. The molecular weight excluding hydrogens is 292 g/mol. The largest absolute Gasteiger partial charge is 0.364 e. The fourth-order valence-electron chi connectivity index (χ4n) is 1.83. The van der Waals surface area contributed by atoms with Crippen molar-refractivity contribution in [2.75, 3.05) is 11.9 Å². The Morgan fingerprint density at radius 1 is 1.33 bits per heavy atom. The molecule has 0 aliphatic rings. The van der Waals surface area contributed by atoms with Gasteiger partial charge in [0.1, 0.15) is 11.6 Å². The van der Waals surface area contributed by atoms with E-state index < -0.39 is 4.92 Å². The van der Waals surface area contributed by atoms with Gasteiger partial charge in [0, 0.05) is 17.8 Å². The Morgan fingerprint density at radius 2 is 2.05 bits per heavy atom. The number of halogens is 1. The van der Waals surface area contributed by atoms with Gasteiger partial charge < -0.3 is 5.32 Å². The van der Waals surface area contributed by atoms with Gasteiger partial charge in [-0.15, -0.1) is 0 Å². The molecule has 0 saturated carbocycles. The van der Waals surface area contributed by atoms with Crippen LogP contribution in [-0.4, -0.2) is 16.5 Å². The topological polar surface area (TPSA) is 91.8 Å². The number of nitrogens with zero attached hydrogens (tertiary/aromatic N) is 3. The molecule has 0 bridgehead atoms. The van der Waals surface area contributed by atoms with E-state index in [-0.39, 0.29) is 17.1 Å².